The lowest BCUT2D eigenvalue weighted by Crippen LogP contribution is -2.33. The van der Waals surface area contributed by atoms with Crippen molar-refractivity contribution in [2.75, 3.05) is 11.9 Å². The fraction of sp³-hybridized carbons (Fsp3) is 0.250. The summed E-state index contributed by atoms with van der Waals surface area (Å²) in [7, 11) is 0. The molecule has 2 N–H and O–H groups in total. The molecule has 6 rings (SSSR count). The Bertz CT molecular complexity index is 1820. The number of rotatable bonds is 7. The van der Waals surface area contributed by atoms with Crippen molar-refractivity contribution in [3.63, 3.8) is 0 Å². The van der Waals surface area contributed by atoms with Crippen LogP contribution in [0, 0.1) is 34.6 Å². The molecule has 218 valence electrons. The molecule has 1 saturated heterocycles. The number of aryl methyl sites for hydroxylation is 4. The highest BCUT2D eigenvalue weighted by Gasteiger charge is 2.41. The van der Waals surface area contributed by atoms with Crippen LogP contribution in [0.5, 0.6) is 0 Å². The van der Waals surface area contributed by atoms with Gasteiger partial charge in [0.1, 0.15) is 0 Å². The molecule has 5 aromatic rings. The van der Waals surface area contributed by atoms with E-state index in [0.717, 1.165) is 33.5 Å². The predicted octanol–water partition coefficient (Wildman–Crippen LogP) is 7.57. The van der Waals surface area contributed by atoms with E-state index in [1.165, 1.54) is 27.9 Å². The zero-order valence-corrected chi connectivity index (χ0v) is 26.1. The lowest BCUT2D eigenvalue weighted by atomic mass is 9.96. The van der Waals surface area contributed by atoms with E-state index in [9.17, 15) is 4.79 Å². The van der Waals surface area contributed by atoms with Gasteiger partial charge in [-0.05, 0) is 93.2 Å². The highest BCUT2D eigenvalue weighted by molar-refractivity contribution is 7.80. The number of nitrogens with one attached hydrogen (secondary N) is 2. The second-order valence-electron chi connectivity index (χ2n) is 11.6. The van der Waals surface area contributed by atoms with Gasteiger partial charge in [-0.15, -0.1) is 0 Å². The minimum absolute atomic E-state index is 0.0458. The SMILES string of the molecule is Cc1cc(C)c(-n2c(C)cc(C3C(c4ccccn4)NC(=S)N3CCC(=O)Nc3cccc4ccccc34)c2C)c(C)c1. The molecule has 2 atom stereocenters. The molecule has 1 aliphatic rings. The van der Waals surface area contributed by atoms with E-state index in [1.54, 1.807) is 0 Å². The van der Waals surface area contributed by atoms with E-state index < -0.39 is 0 Å². The van der Waals surface area contributed by atoms with E-state index in [4.69, 9.17) is 17.2 Å². The number of thiocarbonyl (C=S) groups is 1. The maximum atomic E-state index is 13.3. The molecule has 1 fully saturated rings. The lowest BCUT2D eigenvalue weighted by Gasteiger charge is -2.28. The molecule has 0 bridgehead atoms. The molecule has 6 nitrogen and oxygen atoms in total. The molecule has 3 heterocycles. The molecular formula is C36H37N5OS. The average Bonchev–Trinajstić information content (AvgIpc) is 3.46. The van der Waals surface area contributed by atoms with Gasteiger partial charge >= 0.3 is 0 Å². The molecule has 2 aromatic heterocycles. The van der Waals surface area contributed by atoms with Gasteiger partial charge < -0.3 is 20.1 Å². The summed E-state index contributed by atoms with van der Waals surface area (Å²) in [6.45, 7) is 11.3. The average molecular weight is 588 g/mol. The molecule has 0 aliphatic carbocycles. The van der Waals surface area contributed by atoms with Crippen molar-refractivity contribution >= 4 is 39.7 Å². The van der Waals surface area contributed by atoms with Crippen LogP contribution in [-0.2, 0) is 4.79 Å². The summed E-state index contributed by atoms with van der Waals surface area (Å²) in [6.07, 6.45) is 2.12. The molecule has 7 heteroatoms. The minimum Gasteiger partial charge on any atom is -0.352 e. The number of aromatic nitrogens is 2. The van der Waals surface area contributed by atoms with Crippen molar-refractivity contribution < 1.29 is 4.79 Å². The normalized spacial score (nSPS) is 16.5. The van der Waals surface area contributed by atoms with Crippen LogP contribution in [-0.4, -0.2) is 32.0 Å². The summed E-state index contributed by atoms with van der Waals surface area (Å²) < 4.78 is 2.36. The number of carbonyl (C=O) groups excluding carboxylic acids is 1. The monoisotopic (exact) mass is 587 g/mol. The van der Waals surface area contributed by atoms with Crippen molar-refractivity contribution in [1.29, 1.82) is 0 Å². The van der Waals surface area contributed by atoms with Gasteiger partial charge in [-0.1, -0.05) is 60.2 Å². The van der Waals surface area contributed by atoms with Gasteiger partial charge in [0.25, 0.3) is 0 Å². The molecule has 2 unspecified atom stereocenters. The number of pyridine rings is 1. The van der Waals surface area contributed by atoms with Gasteiger partial charge in [0.05, 0.1) is 23.5 Å². The Labute approximate surface area is 258 Å². The fourth-order valence-electron chi connectivity index (χ4n) is 6.71. The highest BCUT2D eigenvalue weighted by atomic mass is 32.1. The Hall–Kier alpha value is -4.49. The number of nitrogens with zero attached hydrogens (tertiary/aromatic N) is 3. The second kappa shape index (κ2) is 11.7. The van der Waals surface area contributed by atoms with Gasteiger partial charge in [0, 0.05) is 41.6 Å². The number of fused-ring (bicyclic) bond motifs is 1. The largest absolute Gasteiger partial charge is 0.352 e. The number of hydrogen-bond donors (Lipinski definition) is 2. The van der Waals surface area contributed by atoms with Gasteiger partial charge in [-0.25, -0.2) is 0 Å². The van der Waals surface area contributed by atoms with Crippen molar-refractivity contribution in [2.45, 2.75) is 53.1 Å². The summed E-state index contributed by atoms with van der Waals surface area (Å²) in [6, 6.07) is 26.5. The first kappa shape index (κ1) is 28.6. The summed E-state index contributed by atoms with van der Waals surface area (Å²) >= 11 is 5.92. The first-order chi connectivity index (χ1) is 20.7. The third-order valence-corrected chi connectivity index (χ3v) is 8.84. The summed E-state index contributed by atoms with van der Waals surface area (Å²) in [5, 5.41) is 9.44. The van der Waals surface area contributed by atoms with Crippen LogP contribution in [0.25, 0.3) is 16.5 Å². The number of hydrogen-bond acceptors (Lipinski definition) is 3. The van der Waals surface area contributed by atoms with Gasteiger partial charge in [0.2, 0.25) is 5.91 Å². The van der Waals surface area contributed by atoms with Crippen molar-refractivity contribution in [2.24, 2.45) is 0 Å². The maximum Gasteiger partial charge on any atom is 0.226 e. The standard InChI is InChI=1S/C36H37N5OS/c1-22-19-23(2)34(24(3)20-22)41-25(4)21-29(26(41)5)35-33(31-14-8-9-17-37-31)39-36(43)40(35)18-16-32(42)38-30-15-10-12-27-11-6-7-13-28(27)30/h6-15,17,19-21,33,35H,16,18H2,1-5H3,(H,38,42)(H,39,43). The summed E-state index contributed by atoms with van der Waals surface area (Å²) in [4.78, 5) is 20.2. The quantitative estimate of drug-likeness (QED) is 0.192. The number of carbonyl (C=O) groups is 1. The van der Waals surface area contributed by atoms with Crippen molar-refractivity contribution in [3.8, 4) is 5.69 Å². The molecule has 3 aromatic carbocycles. The number of anilines is 1. The Kier molecular flexibility index (Phi) is 7.75. The molecule has 0 radical (unpaired) electrons. The molecular weight excluding hydrogens is 550 g/mol. The zero-order chi connectivity index (χ0) is 30.2. The Morgan fingerprint density at radius 2 is 1.65 bits per heavy atom. The number of benzene rings is 3. The first-order valence-electron chi connectivity index (χ1n) is 14.8. The first-order valence-corrected chi connectivity index (χ1v) is 15.2. The Morgan fingerprint density at radius 1 is 0.930 bits per heavy atom. The Balaban J connectivity index is 1.34. The van der Waals surface area contributed by atoms with Crippen molar-refractivity contribution in [1.82, 2.24) is 19.8 Å². The van der Waals surface area contributed by atoms with Gasteiger partial charge in [-0.3, -0.25) is 9.78 Å². The topological polar surface area (TPSA) is 62.2 Å². The summed E-state index contributed by atoms with van der Waals surface area (Å²) in [5.74, 6) is -0.0458. The molecule has 0 saturated carbocycles. The fourth-order valence-corrected chi connectivity index (χ4v) is 7.04. The van der Waals surface area contributed by atoms with Crippen LogP contribution < -0.4 is 10.6 Å². The summed E-state index contributed by atoms with van der Waals surface area (Å²) in [5.41, 5.74) is 10.2. The molecule has 1 amide bonds. The van der Waals surface area contributed by atoms with Crippen LogP contribution in [0.1, 0.15) is 57.8 Å². The van der Waals surface area contributed by atoms with E-state index in [-0.39, 0.29) is 18.0 Å². The van der Waals surface area contributed by atoms with Crippen LogP contribution in [0.15, 0.2) is 85.1 Å². The molecule has 0 spiro atoms. The van der Waals surface area contributed by atoms with E-state index in [1.807, 2.05) is 54.7 Å². The third-order valence-electron chi connectivity index (χ3n) is 8.49. The second-order valence-corrected chi connectivity index (χ2v) is 11.9. The molecule has 1 aliphatic heterocycles. The Morgan fingerprint density at radius 3 is 2.40 bits per heavy atom. The van der Waals surface area contributed by atoms with Crippen LogP contribution in [0.4, 0.5) is 5.69 Å². The zero-order valence-electron chi connectivity index (χ0n) is 25.3. The maximum absolute atomic E-state index is 13.3. The smallest absolute Gasteiger partial charge is 0.226 e. The van der Waals surface area contributed by atoms with Crippen molar-refractivity contribution in [3.05, 3.63) is 124 Å². The molecule has 43 heavy (non-hydrogen) atoms. The van der Waals surface area contributed by atoms with Crippen LogP contribution in [0.2, 0.25) is 0 Å². The van der Waals surface area contributed by atoms with Crippen LogP contribution in [0.3, 0.4) is 0 Å². The lowest BCUT2D eigenvalue weighted by molar-refractivity contribution is -0.116. The van der Waals surface area contributed by atoms with E-state index >= 15 is 0 Å². The minimum atomic E-state index is -0.149. The van der Waals surface area contributed by atoms with E-state index in [2.05, 4.69) is 85.1 Å². The van der Waals surface area contributed by atoms with Crippen LogP contribution >= 0.6 is 12.2 Å². The number of amides is 1. The van der Waals surface area contributed by atoms with Gasteiger partial charge in [0.15, 0.2) is 5.11 Å². The van der Waals surface area contributed by atoms with E-state index in [0.29, 0.717) is 18.1 Å². The third kappa shape index (κ3) is 5.41. The van der Waals surface area contributed by atoms with Gasteiger partial charge in [-0.2, -0.15) is 0 Å². The highest BCUT2D eigenvalue weighted by Crippen LogP contribution is 2.42. The predicted molar refractivity (Wildman–Crippen MR) is 179 cm³/mol.